The highest BCUT2D eigenvalue weighted by Crippen LogP contribution is 2.20. The first-order valence-electron chi connectivity index (χ1n) is 7.97. The Morgan fingerprint density at radius 3 is 2.26 bits per heavy atom. The first-order chi connectivity index (χ1) is 11.0. The average Bonchev–Trinajstić information content (AvgIpc) is 2.57. The Morgan fingerprint density at radius 2 is 1.74 bits per heavy atom. The first-order valence-corrected chi connectivity index (χ1v) is 9.41. The normalized spacial score (nSPS) is 16.5. The second-order valence-corrected chi connectivity index (χ2v) is 7.43. The van der Waals surface area contributed by atoms with Crippen molar-refractivity contribution in [1.82, 2.24) is 4.31 Å². The predicted molar refractivity (Wildman–Crippen MR) is 88.7 cm³/mol. The minimum atomic E-state index is -3.46. The summed E-state index contributed by atoms with van der Waals surface area (Å²) in [6.07, 6.45) is 1.44. The van der Waals surface area contributed by atoms with Gasteiger partial charge in [0.2, 0.25) is 15.9 Å². The van der Waals surface area contributed by atoms with Gasteiger partial charge < -0.3 is 10.1 Å². The maximum atomic E-state index is 12.4. The smallest absolute Gasteiger partial charge is 0.243 e. The number of anilines is 1. The molecule has 1 aliphatic rings. The summed E-state index contributed by atoms with van der Waals surface area (Å²) in [5, 5.41) is 2.84. The van der Waals surface area contributed by atoms with Gasteiger partial charge in [-0.05, 0) is 37.1 Å². The molecule has 2 rings (SSSR count). The molecule has 1 heterocycles. The van der Waals surface area contributed by atoms with E-state index in [1.165, 1.54) is 16.4 Å². The van der Waals surface area contributed by atoms with Crippen molar-refractivity contribution in [3.8, 4) is 0 Å². The van der Waals surface area contributed by atoms with Crippen molar-refractivity contribution in [2.75, 3.05) is 31.6 Å². The van der Waals surface area contributed by atoms with Crippen molar-refractivity contribution in [2.24, 2.45) is 5.92 Å². The van der Waals surface area contributed by atoms with Crippen molar-refractivity contribution >= 4 is 21.6 Å². The van der Waals surface area contributed by atoms with Gasteiger partial charge in [-0.2, -0.15) is 4.31 Å². The van der Waals surface area contributed by atoms with Crippen LogP contribution in [0.1, 0.15) is 26.7 Å². The van der Waals surface area contributed by atoms with Gasteiger partial charge in [0, 0.05) is 37.9 Å². The van der Waals surface area contributed by atoms with E-state index >= 15 is 0 Å². The van der Waals surface area contributed by atoms with E-state index in [0.717, 1.165) is 12.8 Å². The quantitative estimate of drug-likeness (QED) is 0.860. The number of carbonyl (C=O) groups excluding carboxylic acids is 1. The third-order valence-corrected chi connectivity index (χ3v) is 6.12. The number of sulfonamides is 1. The standard InChI is InChI=1S/C16H24N2O4S/c1-3-18(4-2)23(20,21)15-7-5-14(6-8-15)17-16(19)13-9-11-22-12-10-13/h5-8,13H,3-4,9-12H2,1-2H3,(H,17,19). The molecule has 0 bridgehead atoms. The topological polar surface area (TPSA) is 75.7 Å². The van der Waals surface area contributed by atoms with Crippen LogP contribution in [0.3, 0.4) is 0 Å². The molecule has 0 aliphatic carbocycles. The molecule has 0 unspecified atom stereocenters. The molecule has 0 radical (unpaired) electrons. The summed E-state index contributed by atoms with van der Waals surface area (Å²) in [4.78, 5) is 12.4. The van der Waals surface area contributed by atoms with Crippen LogP contribution in [0.2, 0.25) is 0 Å². The van der Waals surface area contributed by atoms with E-state index in [1.807, 2.05) is 13.8 Å². The zero-order chi connectivity index (χ0) is 16.9. The SMILES string of the molecule is CCN(CC)S(=O)(=O)c1ccc(NC(=O)C2CCOCC2)cc1. The number of hydrogen-bond acceptors (Lipinski definition) is 4. The van der Waals surface area contributed by atoms with Gasteiger partial charge in [0.1, 0.15) is 0 Å². The van der Waals surface area contributed by atoms with E-state index in [-0.39, 0.29) is 16.7 Å². The zero-order valence-electron chi connectivity index (χ0n) is 13.6. The lowest BCUT2D eigenvalue weighted by atomic mass is 9.99. The van der Waals surface area contributed by atoms with Crippen LogP contribution in [0.5, 0.6) is 0 Å². The van der Waals surface area contributed by atoms with Crippen molar-refractivity contribution < 1.29 is 17.9 Å². The van der Waals surface area contributed by atoms with E-state index < -0.39 is 10.0 Å². The van der Waals surface area contributed by atoms with Gasteiger partial charge in [0.25, 0.3) is 0 Å². The fraction of sp³-hybridized carbons (Fsp3) is 0.562. The van der Waals surface area contributed by atoms with Crippen LogP contribution >= 0.6 is 0 Å². The lowest BCUT2D eigenvalue weighted by Gasteiger charge is -2.21. The Bertz CT molecular complexity index is 618. The number of carbonyl (C=O) groups is 1. The molecule has 23 heavy (non-hydrogen) atoms. The third-order valence-electron chi connectivity index (χ3n) is 4.06. The fourth-order valence-electron chi connectivity index (χ4n) is 2.63. The largest absolute Gasteiger partial charge is 0.381 e. The van der Waals surface area contributed by atoms with Crippen LogP contribution in [0, 0.1) is 5.92 Å². The molecule has 128 valence electrons. The van der Waals surface area contributed by atoms with Gasteiger partial charge in [0.05, 0.1) is 4.90 Å². The number of benzene rings is 1. The van der Waals surface area contributed by atoms with E-state index in [9.17, 15) is 13.2 Å². The molecule has 1 fully saturated rings. The van der Waals surface area contributed by atoms with Crippen LogP contribution in [0.25, 0.3) is 0 Å². The van der Waals surface area contributed by atoms with Crippen molar-refractivity contribution in [3.05, 3.63) is 24.3 Å². The predicted octanol–water partition coefficient (Wildman–Crippen LogP) is 2.08. The average molecular weight is 340 g/mol. The molecule has 1 aromatic rings. The monoisotopic (exact) mass is 340 g/mol. The summed E-state index contributed by atoms with van der Waals surface area (Å²) in [6, 6.07) is 6.34. The third kappa shape index (κ3) is 4.31. The van der Waals surface area contributed by atoms with Gasteiger partial charge in [-0.1, -0.05) is 13.8 Å². The number of nitrogens with zero attached hydrogens (tertiary/aromatic N) is 1. The molecule has 0 spiro atoms. The lowest BCUT2D eigenvalue weighted by Crippen LogP contribution is -2.30. The summed E-state index contributed by atoms with van der Waals surface area (Å²) in [5.74, 6) is -0.0736. The summed E-state index contributed by atoms with van der Waals surface area (Å²) >= 11 is 0. The summed E-state index contributed by atoms with van der Waals surface area (Å²) in [6.45, 7) is 5.70. The van der Waals surface area contributed by atoms with E-state index in [2.05, 4.69) is 5.32 Å². The fourth-order valence-corrected chi connectivity index (χ4v) is 4.08. The second-order valence-electron chi connectivity index (χ2n) is 5.49. The number of nitrogens with one attached hydrogen (secondary N) is 1. The van der Waals surface area contributed by atoms with Crippen LogP contribution in [-0.2, 0) is 19.6 Å². The molecule has 6 nitrogen and oxygen atoms in total. The summed E-state index contributed by atoms with van der Waals surface area (Å²) in [7, 11) is -3.46. The number of ether oxygens (including phenoxy) is 1. The van der Waals surface area contributed by atoms with Gasteiger partial charge in [-0.25, -0.2) is 8.42 Å². The van der Waals surface area contributed by atoms with Gasteiger partial charge in [-0.3, -0.25) is 4.79 Å². The van der Waals surface area contributed by atoms with Crippen molar-refractivity contribution in [1.29, 1.82) is 0 Å². The van der Waals surface area contributed by atoms with E-state index in [1.54, 1.807) is 12.1 Å². The van der Waals surface area contributed by atoms with Gasteiger partial charge in [0.15, 0.2) is 0 Å². The molecule has 1 aromatic carbocycles. The molecule has 0 aromatic heterocycles. The Morgan fingerprint density at radius 1 is 1.17 bits per heavy atom. The Hall–Kier alpha value is -1.44. The summed E-state index contributed by atoms with van der Waals surface area (Å²) < 4.78 is 31.5. The number of rotatable bonds is 6. The highest BCUT2D eigenvalue weighted by atomic mass is 32.2. The van der Waals surface area contributed by atoms with Gasteiger partial charge in [-0.15, -0.1) is 0 Å². The lowest BCUT2D eigenvalue weighted by molar-refractivity contribution is -0.122. The van der Waals surface area contributed by atoms with Gasteiger partial charge >= 0.3 is 0 Å². The highest BCUT2D eigenvalue weighted by Gasteiger charge is 2.23. The molecule has 0 atom stereocenters. The maximum Gasteiger partial charge on any atom is 0.243 e. The molecule has 7 heteroatoms. The molecule has 0 saturated carbocycles. The molecular formula is C16H24N2O4S. The second kappa shape index (κ2) is 7.90. The minimum Gasteiger partial charge on any atom is -0.381 e. The van der Waals surface area contributed by atoms with Crippen LogP contribution in [-0.4, -0.2) is 44.9 Å². The molecule has 1 saturated heterocycles. The molecule has 1 amide bonds. The Balaban J connectivity index is 2.06. The first kappa shape index (κ1) is 17.9. The van der Waals surface area contributed by atoms with Crippen molar-refractivity contribution in [2.45, 2.75) is 31.6 Å². The number of amides is 1. The molecule has 1 aliphatic heterocycles. The Labute approximate surface area is 137 Å². The van der Waals surface area contributed by atoms with Crippen molar-refractivity contribution in [3.63, 3.8) is 0 Å². The number of hydrogen-bond donors (Lipinski definition) is 1. The molecule has 1 N–H and O–H groups in total. The Kier molecular flexibility index (Phi) is 6.15. The van der Waals surface area contributed by atoms with Crippen LogP contribution < -0.4 is 5.32 Å². The van der Waals surface area contributed by atoms with Crippen LogP contribution in [0.15, 0.2) is 29.2 Å². The summed E-state index contributed by atoms with van der Waals surface area (Å²) in [5.41, 5.74) is 0.611. The maximum absolute atomic E-state index is 12.4. The highest BCUT2D eigenvalue weighted by molar-refractivity contribution is 7.89. The van der Waals surface area contributed by atoms with Crippen LogP contribution in [0.4, 0.5) is 5.69 Å². The minimum absolute atomic E-state index is 0.0346. The zero-order valence-corrected chi connectivity index (χ0v) is 14.4. The van der Waals surface area contributed by atoms with E-state index in [0.29, 0.717) is 32.0 Å². The molecular weight excluding hydrogens is 316 g/mol. The van der Waals surface area contributed by atoms with E-state index in [4.69, 9.17) is 4.74 Å².